The predicted octanol–water partition coefficient (Wildman–Crippen LogP) is 2.43. The van der Waals surface area contributed by atoms with Crippen molar-refractivity contribution >= 4 is 5.69 Å². The van der Waals surface area contributed by atoms with E-state index in [0.717, 1.165) is 38.3 Å². The summed E-state index contributed by atoms with van der Waals surface area (Å²) in [5, 5.41) is 0. The Hall–Kier alpha value is -1.22. The number of hydrogen-bond donors (Lipinski definition) is 0. The lowest BCUT2D eigenvalue weighted by Gasteiger charge is -2.36. The molecule has 0 bridgehead atoms. The monoisotopic (exact) mass is 247 g/mol. The van der Waals surface area contributed by atoms with Gasteiger partial charge in [0, 0.05) is 37.9 Å². The van der Waals surface area contributed by atoms with Crippen LogP contribution in [0.3, 0.4) is 0 Å². The molecule has 0 amide bonds. The number of benzene rings is 1. The molecule has 0 spiro atoms. The molecule has 0 aromatic heterocycles. The highest BCUT2D eigenvalue weighted by molar-refractivity contribution is 5.51. The van der Waals surface area contributed by atoms with Crippen molar-refractivity contribution in [3.8, 4) is 5.75 Å². The average molecular weight is 247 g/mol. The summed E-state index contributed by atoms with van der Waals surface area (Å²) in [5.74, 6) is 0.937. The molecule has 1 aliphatic heterocycles. The van der Waals surface area contributed by atoms with Crippen molar-refractivity contribution in [2.45, 2.75) is 12.8 Å². The topological polar surface area (TPSA) is 15.7 Å². The first kappa shape index (κ1) is 13.2. The molecule has 1 fully saturated rings. The third-order valence-electron chi connectivity index (χ3n) is 3.52. The molecule has 1 saturated heterocycles. The molecule has 1 aromatic rings. The normalized spacial score (nSPS) is 16.9. The quantitative estimate of drug-likeness (QED) is 0.795. The van der Waals surface area contributed by atoms with E-state index < -0.39 is 0 Å². The minimum atomic E-state index is 0.937. The van der Waals surface area contributed by atoms with Crippen LogP contribution in [-0.2, 0) is 0 Å². The van der Waals surface area contributed by atoms with Crippen LogP contribution in [0.1, 0.15) is 12.8 Å². The number of ether oxygens (including phenoxy) is 1. The minimum Gasteiger partial charge on any atom is -0.497 e. The smallest absolute Gasteiger partial charge is 0.120 e. The van der Waals surface area contributed by atoms with Crippen LogP contribution in [0.5, 0.6) is 5.75 Å². The second-order valence-electron chi connectivity index (χ2n) is 4.74. The van der Waals surface area contributed by atoms with Crippen LogP contribution in [0, 0.1) is 6.92 Å². The molecule has 1 aliphatic rings. The number of nitrogens with zero attached hydrogens (tertiary/aromatic N) is 2. The van der Waals surface area contributed by atoms with Crippen LogP contribution >= 0.6 is 0 Å². The molecule has 1 aromatic carbocycles. The third-order valence-corrected chi connectivity index (χ3v) is 3.52. The van der Waals surface area contributed by atoms with E-state index in [0.29, 0.717) is 0 Å². The molecule has 1 radical (unpaired) electrons. The van der Waals surface area contributed by atoms with Gasteiger partial charge in [0.05, 0.1) is 7.11 Å². The summed E-state index contributed by atoms with van der Waals surface area (Å²) in [5.41, 5.74) is 1.27. The highest BCUT2D eigenvalue weighted by Gasteiger charge is 2.16. The summed E-state index contributed by atoms with van der Waals surface area (Å²) in [4.78, 5) is 4.96. The van der Waals surface area contributed by atoms with Crippen molar-refractivity contribution in [3.63, 3.8) is 0 Å². The fourth-order valence-corrected chi connectivity index (χ4v) is 2.37. The lowest BCUT2D eigenvalue weighted by Crippen LogP contribution is -2.46. The maximum Gasteiger partial charge on any atom is 0.120 e. The first-order chi connectivity index (χ1) is 8.83. The average Bonchev–Trinajstić information content (AvgIpc) is 2.46. The standard InChI is InChI=1S/C15H23N2O/c1-3-4-8-16-9-11-17(12-10-16)14-6-5-7-15(13-14)18-2/h5-7,13H,1,3-4,8-12H2,2H3. The van der Waals surface area contributed by atoms with Gasteiger partial charge in [-0.25, -0.2) is 0 Å². The van der Waals surface area contributed by atoms with Gasteiger partial charge in [0.25, 0.3) is 0 Å². The van der Waals surface area contributed by atoms with Crippen molar-refractivity contribution < 1.29 is 4.74 Å². The van der Waals surface area contributed by atoms with Crippen molar-refractivity contribution in [1.82, 2.24) is 4.90 Å². The first-order valence-corrected chi connectivity index (χ1v) is 6.74. The first-order valence-electron chi connectivity index (χ1n) is 6.74. The third kappa shape index (κ3) is 3.39. The van der Waals surface area contributed by atoms with Crippen molar-refractivity contribution in [1.29, 1.82) is 0 Å². The second-order valence-corrected chi connectivity index (χ2v) is 4.74. The van der Waals surface area contributed by atoms with Crippen LogP contribution in [0.15, 0.2) is 24.3 Å². The Morgan fingerprint density at radius 1 is 1.22 bits per heavy atom. The van der Waals surface area contributed by atoms with Crippen LogP contribution in [0.25, 0.3) is 0 Å². The largest absolute Gasteiger partial charge is 0.497 e. The van der Waals surface area contributed by atoms with E-state index in [-0.39, 0.29) is 0 Å². The SMILES string of the molecule is [CH2]CCCN1CCN(c2cccc(OC)c2)CC1. The van der Waals surface area contributed by atoms with Crippen LogP contribution < -0.4 is 9.64 Å². The lowest BCUT2D eigenvalue weighted by atomic mass is 10.2. The Bertz CT molecular complexity index is 359. The zero-order chi connectivity index (χ0) is 12.8. The van der Waals surface area contributed by atoms with Crippen LogP contribution in [0.2, 0.25) is 0 Å². The van der Waals surface area contributed by atoms with Gasteiger partial charge in [0.1, 0.15) is 5.75 Å². The molecular formula is C15H23N2O. The number of anilines is 1. The molecule has 0 saturated carbocycles. The molecule has 99 valence electrons. The number of hydrogen-bond acceptors (Lipinski definition) is 3. The van der Waals surface area contributed by atoms with Crippen molar-refractivity contribution in [3.05, 3.63) is 31.2 Å². The van der Waals surface area contributed by atoms with Gasteiger partial charge < -0.3 is 9.64 Å². The Balaban J connectivity index is 1.88. The number of rotatable bonds is 5. The van der Waals surface area contributed by atoms with E-state index in [2.05, 4.69) is 34.9 Å². The number of unbranched alkanes of at least 4 members (excludes halogenated alkanes) is 1. The van der Waals surface area contributed by atoms with Gasteiger partial charge in [-0.05, 0) is 25.1 Å². The number of methoxy groups -OCH3 is 1. The van der Waals surface area contributed by atoms with Crippen molar-refractivity contribution in [2.24, 2.45) is 0 Å². The van der Waals surface area contributed by atoms with Crippen LogP contribution in [-0.4, -0.2) is 44.7 Å². The molecule has 3 heteroatoms. The van der Waals surface area contributed by atoms with Crippen molar-refractivity contribution in [2.75, 3.05) is 44.7 Å². The molecule has 1 heterocycles. The predicted molar refractivity (Wildman–Crippen MR) is 76.2 cm³/mol. The zero-order valence-electron chi connectivity index (χ0n) is 11.3. The fraction of sp³-hybridized carbons (Fsp3) is 0.533. The minimum absolute atomic E-state index is 0.937. The Kier molecular flexibility index (Phi) is 4.88. The Labute approximate surface area is 110 Å². The lowest BCUT2D eigenvalue weighted by molar-refractivity contribution is 0.255. The molecule has 3 nitrogen and oxygen atoms in total. The molecule has 0 atom stereocenters. The van der Waals surface area contributed by atoms with Gasteiger partial charge in [-0.1, -0.05) is 19.4 Å². The highest BCUT2D eigenvalue weighted by atomic mass is 16.5. The Morgan fingerprint density at radius 3 is 2.67 bits per heavy atom. The van der Waals surface area contributed by atoms with Gasteiger partial charge in [-0.3, -0.25) is 4.90 Å². The highest BCUT2D eigenvalue weighted by Crippen LogP contribution is 2.22. The summed E-state index contributed by atoms with van der Waals surface area (Å²) >= 11 is 0. The summed E-state index contributed by atoms with van der Waals surface area (Å²) in [6, 6.07) is 8.33. The molecule has 0 aliphatic carbocycles. The molecule has 0 unspecified atom stereocenters. The van der Waals surface area contributed by atoms with E-state index in [1.807, 2.05) is 6.07 Å². The van der Waals surface area contributed by atoms with E-state index in [9.17, 15) is 0 Å². The van der Waals surface area contributed by atoms with E-state index in [1.54, 1.807) is 7.11 Å². The number of piperazine rings is 1. The Morgan fingerprint density at radius 2 is 2.00 bits per heavy atom. The molecular weight excluding hydrogens is 224 g/mol. The maximum absolute atomic E-state index is 5.28. The van der Waals surface area contributed by atoms with Gasteiger partial charge in [0.15, 0.2) is 0 Å². The summed E-state index contributed by atoms with van der Waals surface area (Å²) in [7, 11) is 1.72. The second kappa shape index (κ2) is 6.64. The van der Waals surface area contributed by atoms with Gasteiger partial charge >= 0.3 is 0 Å². The fourth-order valence-electron chi connectivity index (χ4n) is 2.37. The van der Waals surface area contributed by atoms with E-state index in [4.69, 9.17) is 4.74 Å². The van der Waals surface area contributed by atoms with E-state index >= 15 is 0 Å². The zero-order valence-corrected chi connectivity index (χ0v) is 11.3. The van der Waals surface area contributed by atoms with Gasteiger partial charge in [-0.2, -0.15) is 0 Å². The van der Waals surface area contributed by atoms with Crippen LogP contribution in [0.4, 0.5) is 5.69 Å². The maximum atomic E-state index is 5.28. The summed E-state index contributed by atoms with van der Waals surface area (Å²) < 4.78 is 5.28. The summed E-state index contributed by atoms with van der Waals surface area (Å²) in [6.45, 7) is 9.59. The van der Waals surface area contributed by atoms with Gasteiger partial charge in [0.2, 0.25) is 0 Å². The molecule has 18 heavy (non-hydrogen) atoms. The molecule has 0 N–H and O–H groups in total. The van der Waals surface area contributed by atoms with E-state index in [1.165, 1.54) is 18.7 Å². The molecule has 2 rings (SSSR count). The van der Waals surface area contributed by atoms with Gasteiger partial charge in [-0.15, -0.1) is 0 Å². The summed E-state index contributed by atoms with van der Waals surface area (Å²) in [6.07, 6.45) is 2.25.